The highest BCUT2D eigenvalue weighted by Gasteiger charge is 2.12. The van der Waals surface area contributed by atoms with E-state index in [0.29, 0.717) is 21.6 Å². The number of amides is 1. The van der Waals surface area contributed by atoms with E-state index in [2.05, 4.69) is 31.4 Å². The number of carbonyl (C=O) groups is 1. The largest absolute Gasteiger partial charge is 0.455 e. The molecule has 0 spiro atoms. The fourth-order valence-corrected chi connectivity index (χ4v) is 2.72. The van der Waals surface area contributed by atoms with Crippen LogP contribution in [0, 0.1) is 17.0 Å². The molecule has 3 rings (SSSR count). The van der Waals surface area contributed by atoms with E-state index < -0.39 is 10.8 Å². The van der Waals surface area contributed by atoms with Gasteiger partial charge in [-0.2, -0.15) is 5.10 Å². The molecule has 0 atom stereocenters. The number of nitrogens with zero attached hydrogens (tertiary/aromatic N) is 3. The molecule has 2 heterocycles. The van der Waals surface area contributed by atoms with Crippen molar-refractivity contribution in [2.45, 2.75) is 6.92 Å². The second-order valence-electron chi connectivity index (χ2n) is 5.55. The molecular formula is C18H13BrN4O4. The number of hydrazone groups is 1. The number of nitro benzene ring substituents is 1. The molecule has 8 nitrogen and oxygen atoms in total. The lowest BCUT2D eigenvalue weighted by Gasteiger charge is -2.02. The molecule has 136 valence electrons. The Morgan fingerprint density at radius 1 is 1.30 bits per heavy atom. The van der Waals surface area contributed by atoms with E-state index in [4.69, 9.17) is 4.42 Å². The number of nitro groups is 1. The molecule has 3 aromatic rings. The van der Waals surface area contributed by atoms with Crippen LogP contribution in [0.25, 0.3) is 11.3 Å². The summed E-state index contributed by atoms with van der Waals surface area (Å²) in [5.41, 5.74) is 4.24. The number of hydrogen-bond donors (Lipinski definition) is 1. The number of carbonyl (C=O) groups excluding carboxylic acids is 1. The fourth-order valence-electron chi connectivity index (χ4n) is 2.36. The van der Waals surface area contributed by atoms with E-state index in [9.17, 15) is 14.9 Å². The molecule has 0 aliphatic carbocycles. The normalized spacial score (nSPS) is 10.9. The summed E-state index contributed by atoms with van der Waals surface area (Å²) < 4.78 is 6.36. The van der Waals surface area contributed by atoms with Crippen molar-refractivity contribution in [1.82, 2.24) is 10.4 Å². The average molecular weight is 429 g/mol. The fraction of sp³-hybridized carbons (Fsp3) is 0.0556. The monoisotopic (exact) mass is 428 g/mol. The zero-order valence-electron chi connectivity index (χ0n) is 14.0. The number of aryl methyl sites for hydroxylation is 1. The van der Waals surface area contributed by atoms with E-state index in [1.807, 2.05) is 0 Å². The Hall–Kier alpha value is -3.33. The summed E-state index contributed by atoms with van der Waals surface area (Å²) in [6, 6.07) is 9.58. The SMILES string of the molecule is Cc1cc([N+](=O)[O-])ccc1-c1ccc(/C=N\NC(=O)c2cncc(Br)c2)o1. The van der Waals surface area contributed by atoms with Gasteiger partial charge in [0.25, 0.3) is 11.6 Å². The van der Waals surface area contributed by atoms with Crippen molar-refractivity contribution in [3.63, 3.8) is 0 Å². The second-order valence-corrected chi connectivity index (χ2v) is 6.46. The van der Waals surface area contributed by atoms with Crippen LogP contribution in [-0.2, 0) is 0 Å². The number of pyridine rings is 1. The predicted molar refractivity (Wildman–Crippen MR) is 103 cm³/mol. The summed E-state index contributed by atoms with van der Waals surface area (Å²) in [6.45, 7) is 1.77. The Labute approximate surface area is 162 Å². The molecule has 1 aromatic carbocycles. The number of benzene rings is 1. The molecule has 27 heavy (non-hydrogen) atoms. The van der Waals surface area contributed by atoms with Gasteiger partial charge < -0.3 is 4.42 Å². The summed E-state index contributed by atoms with van der Waals surface area (Å²) in [6.07, 6.45) is 4.37. The van der Waals surface area contributed by atoms with Gasteiger partial charge >= 0.3 is 0 Å². The van der Waals surface area contributed by atoms with Gasteiger partial charge in [0.1, 0.15) is 11.5 Å². The van der Waals surface area contributed by atoms with E-state index in [0.717, 1.165) is 11.1 Å². The lowest BCUT2D eigenvalue weighted by Crippen LogP contribution is -2.17. The number of non-ortho nitro benzene ring substituents is 1. The first-order valence-electron chi connectivity index (χ1n) is 7.73. The highest BCUT2D eigenvalue weighted by Crippen LogP contribution is 2.28. The van der Waals surface area contributed by atoms with Gasteiger partial charge in [-0.05, 0) is 52.7 Å². The van der Waals surface area contributed by atoms with Gasteiger partial charge in [0.2, 0.25) is 0 Å². The summed E-state index contributed by atoms with van der Waals surface area (Å²) in [4.78, 5) is 26.3. The van der Waals surface area contributed by atoms with Crippen LogP contribution >= 0.6 is 15.9 Å². The van der Waals surface area contributed by atoms with Crippen LogP contribution in [0.15, 0.2) is 62.8 Å². The summed E-state index contributed by atoms with van der Waals surface area (Å²) in [5, 5.41) is 14.7. The molecule has 0 radical (unpaired) electrons. The third kappa shape index (κ3) is 4.45. The molecule has 1 amide bonds. The van der Waals surface area contributed by atoms with E-state index >= 15 is 0 Å². The Bertz CT molecular complexity index is 1050. The number of rotatable bonds is 5. The van der Waals surface area contributed by atoms with Crippen molar-refractivity contribution >= 4 is 33.7 Å². The first-order chi connectivity index (χ1) is 12.9. The molecule has 0 unspecified atom stereocenters. The lowest BCUT2D eigenvalue weighted by atomic mass is 10.1. The van der Waals surface area contributed by atoms with Gasteiger partial charge in [-0.25, -0.2) is 5.43 Å². The van der Waals surface area contributed by atoms with Crippen molar-refractivity contribution in [2.75, 3.05) is 0 Å². The maximum Gasteiger partial charge on any atom is 0.272 e. The number of aromatic nitrogens is 1. The summed E-state index contributed by atoms with van der Waals surface area (Å²) in [5.74, 6) is 0.569. The topological polar surface area (TPSA) is 111 Å². The van der Waals surface area contributed by atoms with Gasteiger partial charge in [-0.15, -0.1) is 0 Å². The van der Waals surface area contributed by atoms with Gasteiger partial charge in [0.15, 0.2) is 0 Å². The molecule has 0 aliphatic heterocycles. The molecule has 9 heteroatoms. The number of hydrogen-bond acceptors (Lipinski definition) is 6. The van der Waals surface area contributed by atoms with Crippen LogP contribution in [0.3, 0.4) is 0 Å². The van der Waals surface area contributed by atoms with E-state index in [-0.39, 0.29) is 5.69 Å². The van der Waals surface area contributed by atoms with Crippen LogP contribution in [0.2, 0.25) is 0 Å². The quantitative estimate of drug-likeness (QED) is 0.373. The van der Waals surface area contributed by atoms with Gasteiger partial charge in [-0.1, -0.05) is 0 Å². The number of halogens is 1. The van der Waals surface area contributed by atoms with E-state index in [1.165, 1.54) is 24.5 Å². The van der Waals surface area contributed by atoms with Crippen LogP contribution in [-0.4, -0.2) is 22.0 Å². The lowest BCUT2D eigenvalue weighted by molar-refractivity contribution is -0.384. The number of nitrogens with one attached hydrogen (secondary N) is 1. The Balaban J connectivity index is 1.70. The molecule has 0 bridgehead atoms. The highest BCUT2D eigenvalue weighted by atomic mass is 79.9. The molecule has 0 aliphatic rings. The van der Waals surface area contributed by atoms with Crippen molar-refractivity contribution in [3.05, 3.63) is 80.3 Å². The minimum atomic E-state index is -0.444. The van der Waals surface area contributed by atoms with Crippen molar-refractivity contribution in [2.24, 2.45) is 5.10 Å². The van der Waals surface area contributed by atoms with E-state index in [1.54, 1.807) is 37.4 Å². The van der Waals surface area contributed by atoms with Crippen LogP contribution in [0.4, 0.5) is 5.69 Å². The molecule has 2 aromatic heterocycles. The molecule has 1 N–H and O–H groups in total. The second kappa shape index (κ2) is 7.92. The van der Waals surface area contributed by atoms with Crippen LogP contribution in [0.1, 0.15) is 21.7 Å². The smallest absolute Gasteiger partial charge is 0.272 e. The summed E-state index contributed by atoms with van der Waals surface area (Å²) in [7, 11) is 0. The first-order valence-corrected chi connectivity index (χ1v) is 8.52. The highest BCUT2D eigenvalue weighted by molar-refractivity contribution is 9.10. The van der Waals surface area contributed by atoms with Crippen LogP contribution in [0.5, 0.6) is 0 Å². The van der Waals surface area contributed by atoms with Crippen molar-refractivity contribution in [1.29, 1.82) is 0 Å². The Kier molecular flexibility index (Phi) is 5.41. The average Bonchev–Trinajstić information content (AvgIpc) is 3.10. The Morgan fingerprint density at radius 3 is 2.81 bits per heavy atom. The molecule has 0 fully saturated rings. The molecule has 0 saturated carbocycles. The third-order valence-electron chi connectivity index (χ3n) is 3.64. The standard InChI is InChI=1S/C18H13BrN4O4/c1-11-6-14(23(25)26)2-4-16(11)17-5-3-15(27-17)10-21-22-18(24)12-7-13(19)9-20-8-12/h2-10H,1H3,(H,22,24)/b21-10-. The van der Waals surface area contributed by atoms with Crippen LogP contribution < -0.4 is 5.43 Å². The third-order valence-corrected chi connectivity index (χ3v) is 4.07. The zero-order chi connectivity index (χ0) is 19.4. The van der Waals surface area contributed by atoms with Gasteiger partial charge in [-0.3, -0.25) is 19.9 Å². The first kappa shape index (κ1) is 18.5. The van der Waals surface area contributed by atoms with Gasteiger partial charge in [0.05, 0.1) is 16.7 Å². The minimum Gasteiger partial charge on any atom is -0.455 e. The minimum absolute atomic E-state index is 0.0225. The maximum atomic E-state index is 12.0. The molecular weight excluding hydrogens is 416 g/mol. The maximum absolute atomic E-state index is 12.0. The zero-order valence-corrected chi connectivity index (χ0v) is 15.6. The van der Waals surface area contributed by atoms with Crippen molar-refractivity contribution in [3.8, 4) is 11.3 Å². The summed E-state index contributed by atoms with van der Waals surface area (Å²) >= 11 is 3.25. The van der Waals surface area contributed by atoms with Gasteiger partial charge in [0, 0.05) is 34.6 Å². The number of furan rings is 1. The van der Waals surface area contributed by atoms with Crippen molar-refractivity contribution < 1.29 is 14.1 Å². The Morgan fingerprint density at radius 2 is 2.11 bits per heavy atom. The predicted octanol–water partition coefficient (Wildman–Crippen LogP) is 4.08. The molecule has 0 saturated heterocycles.